The zero-order valence-electron chi connectivity index (χ0n) is 13.1. The lowest BCUT2D eigenvalue weighted by Gasteiger charge is -2.23. The van der Waals surface area contributed by atoms with Crippen LogP contribution in [0.1, 0.15) is 39.7 Å². The maximum absolute atomic E-state index is 12.2. The topological polar surface area (TPSA) is 67.8 Å². The Morgan fingerprint density at radius 1 is 1.14 bits per heavy atom. The van der Waals surface area contributed by atoms with E-state index in [1.54, 1.807) is 24.3 Å². The summed E-state index contributed by atoms with van der Waals surface area (Å²) in [7, 11) is -3.65. The van der Waals surface area contributed by atoms with Crippen molar-refractivity contribution >= 4 is 15.7 Å². The Hall–Kier alpha value is -1.40. The van der Waals surface area contributed by atoms with Gasteiger partial charge in [-0.15, -0.1) is 0 Å². The molecule has 2 rings (SSSR count). The molecule has 1 fully saturated rings. The van der Waals surface area contributed by atoms with Gasteiger partial charge in [0.25, 0.3) is 10.0 Å². The first-order valence-corrected chi connectivity index (χ1v) is 8.36. The lowest BCUT2D eigenvalue weighted by Crippen LogP contribution is -2.31. The predicted molar refractivity (Wildman–Crippen MR) is 82.8 cm³/mol. The summed E-state index contributed by atoms with van der Waals surface area (Å²) in [6, 6.07) is 6.65. The van der Waals surface area contributed by atoms with Crippen LogP contribution in [0.3, 0.4) is 0 Å². The maximum atomic E-state index is 12.2. The van der Waals surface area contributed by atoms with Crippen molar-refractivity contribution in [1.82, 2.24) is 4.83 Å². The molecule has 1 aromatic rings. The van der Waals surface area contributed by atoms with Gasteiger partial charge < -0.3 is 4.74 Å². The van der Waals surface area contributed by atoms with Crippen LogP contribution in [0.2, 0.25) is 0 Å². The van der Waals surface area contributed by atoms with E-state index in [4.69, 9.17) is 4.74 Å². The van der Waals surface area contributed by atoms with Crippen LogP contribution in [0.15, 0.2) is 34.3 Å². The number of hydrazone groups is 1. The first-order chi connectivity index (χ1) is 9.52. The van der Waals surface area contributed by atoms with E-state index in [1.807, 2.05) is 34.6 Å². The van der Waals surface area contributed by atoms with Crippen LogP contribution >= 0.6 is 0 Å². The minimum absolute atomic E-state index is 0.202. The number of hydrogen-bond acceptors (Lipinski definition) is 4. The molecule has 0 bridgehead atoms. The van der Waals surface area contributed by atoms with E-state index in [0.29, 0.717) is 12.1 Å². The molecule has 0 aromatic heterocycles. The fourth-order valence-electron chi connectivity index (χ4n) is 2.46. The van der Waals surface area contributed by atoms with Crippen LogP contribution in [0, 0.1) is 6.92 Å². The van der Waals surface area contributed by atoms with Crippen LogP contribution in [-0.2, 0) is 14.8 Å². The lowest BCUT2D eigenvalue weighted by atomic mass is 9.98. The molecule has 1 heterocycles. The summed E-state index contributed by atoms with van der Waals surface area (Å²) in [6.07, 6.45) is 0.594. The number of benzene rings is 1. The molecule has 1 aliphatic heterocycles. The van der Waals surface area contributed by atoms with Crippen molar-refractivity contribution in [1.29, 1.82) is 0 Å². The van der Waals surface area contributed by atoms with E-state index < -0.39 is 15.6 Å². The molecule has 116 valence electrons. The Kier molecular flexibility index (Phi) is 3.88. The number of nitrogens with zero attached hydrogens (tertiary/aromatic N) is 1. The fourth-order valence-corrected chi connectivity index (χ4v) is 3.29. The first kappa shape index (κ1) is 16.0. The molecule has 6 heteroatoms. The second-order valence-corrected chi connectivity index (χ2v) is 8.18. The third kappa shape index (κ3) is 3.63. The van der Waals surface area contributed by atoms with Gasteiger partial charge in [0.1, 0.15) is 5.60 Å². The molecule has 0 amide bonds. The van der Waals surface area contributed by atoms with Crippen LogP contribution in [-0.4, -0.2) is 25.3 Å². The SMILES string of the molecule is Cc1ccc(S(=O)(=O)N/N=C2\CC(C)(C)OC2(C)C)cc1. The molecule has 0 radical (unpaired) electrons. The number of aryl methyl sites for hydroxylation is 1. The van der Waals surface area contributed by atoms with E-state index in [1.165, 1.54) is 0 Å². The summed E-state index contributed by atoms with van der Waals surface area (Å²) in [5.74, 6) is 0. The average Bonchev–Trinajstić information content (AvgIpc) is 2.55. The van der Waals surface area contributed by atoms with Gasteiger partial charge in [0.2, 0.25) is 0 Å². The van der Waals surface area contributed by atoms with Crippen molar-refractivity contribution in [2.24, 2.45) is 5.10 Å². The third-order valence-electron chi connectivity index (χ3n) is 3.45. The molecule has 1 N–H and O–H groups in total. The zero-order valence-corrected chi connectivity index (χ0v) is 13.9. The number of nitrogens with one attached hydrogen (secondary N) is 1. The molecular weight excluding hydrogens is 288 g/mol. The molecule has 1 saturated heterocycles. The number of hydrogen-bond donors (Lipinski definition) is 1. The molecule has 5 nitrogen and oxygen atoms in total. The van der Waals surface area contributed by atoms with Crippen molar-refractivity contribution in [3.8, 4) is 0 Å². The predicted octanol–water partition coefficient (Wildman–Crippen LogP) is 2.61. The standard InChI is InChI=1S/C15H22N2O3S/c1-11-6-8-12(9-7-11)21(18,19)17-16-13-10-14(2,3)20-15(13,4)5/h6-9,17H,10H2,1-5H3/b16-13+. The van der Waals surface area contributed by atoms with Crippen LogP contribution in [0.4, 0.5) is 0 Å². The minimum Gasteiger partial charge on any atom is -0.363 e. The van der Waals surface area contributed by atoms with Crippen LogP contribution < -0.4 is 4.83 Å². The zero-order chi connectivity index (χ0) is 15.9. The highest BCUT2D eigenvalue weighted by molar-refractivity contribution is 7.89. The van der Waals surface area contributed by atoms with E-state index in [-0.39, 0.29) is 10.5 Å². The Bertz CT molecular complexity index is 659. The van der Waals surface area contributed by atoms with Gasteiger partial charge in [-0.1, -0.05) is 17.7 Å². The molecule has 1 aromatic carbocycles. The summed E-state index contributed by atoms with van der Waals surface area (Å²) in [5.41, 5.74) is 0.798. The highest BCUT2D eigenvalue weighted by Crippen LogP contribution is 2.34. The molecule has 0 atom stereocenters. The molecule has 0 aliphatic carbocycles. The van der Waals surface area contributed by atoms with Crippen molar-refractivity contribution in [3.05, 3.63) is 29.8 Å². The second kappa shape index (κ2) is 5.10. The Balaban J connectivity index is 2.22. The van der Waals surface area contributed by atoms with Crippen molar-refractivity contribution in [2.45, 2.75) is 57.1 Å². The summed E-state index contributed by atoms with van der Waals surface area (Å²) in [4.78, 5) is 2.51. The Labute approximate surface area is 126 Å². The van der Waals surface area contributed by atoms with Gasteiger partial charge in [-0.25, -0.2) is 4.83 Å². The van der Waals surface area contributed by atoms with E-state index in [0.717, 1.165) is 5.56 Å². The van der Waals surface area contributed by atoms with E-state index >= 15 is 0 Å². The van der Waals surface area contributed by atoms with Crippen molar-refractivity contribution in [3.63, 3.8) is 0 Å². The van der Waals surface area contributed by atoms with Gasteiger partial charge in [0, 0.05) is 6.42 Å². The minimum atomic E-state index is -3.65. The largest absolute Gasteiger partial charge is 0.363 e. The van der Waals surface area contributed by atoms with Crippen molar-refractivity contribution < 1.29 is 13.2 Å². The van der Waals surface area contributed by atoms with Gasteiger partial charge in [-0.2, -0.15) is 13.5 Å². The highest BCUT2D eigenvalue weighted by atomic mass is 32.2. The summed E-state index contributed by atoms with van der Waals surface area (Å²) >= 11 is 0. The van der Waals surface area contributed by atoms with Gasteiger partial charge >= 0.3 is 0 Å². The van der Waals surface area contributed by atoms with E-state index in [9.17, 15) is 8.42 Å². The van der Waals surface area contributed by atoms with Gasteiger partial charge in [-0.05, 0) is 46.8 Å². The van der Waals surface area contributed by atoms with Gasteiger partial charge in [-0.3, -0.25) is 0 Å². The summed E-state index contributed by atoms with van der Waals surface area (Å²) in [6.45, 7) is 9.61. The number of sulfonamides is 1. The molecule has 0 saturated carbocycles. The van der Waals surface area contributed by atoms with E-state index in [2.05, 4.69) is 9.93 Å². The molecule has 0 spiro atoms. The maximum Gasteiger partial charge on any atom is 0.276 e. The number of ether oxygens (including phenoxy) is 1. The quantitative estimate of drug-likeness (QED) is 0.873. The molecule has 21 heavy (non-hydrogen) atoms. The third-order valence-corrected chi connectivity index (χ3v) is 4.68. The molecule has 1 aliphatic rings. The summed E-state index contributed by atoms with van der Waals surface area (Å²) < 4.78 is 30.3. The van der Waals surface area contributed by atoms with Crippen LogP contribution in [0.5, 0.6) is 0 Å². The number of rotatable bonds is 3. The molecular formula is C15H22N2O3S. The molecule has 0 unspecified atom stereocenters. The fraction of sp³-hybridized carbons (Fsp3) is 0.533. The Morgan fingerprint density at radius 3 is 2.19 bits per heavy atom. The van der Waals surface area contributed by atoms with Gasteiger partial charge in [0.15, 0.2) is 0 Å². The van der Waals surface area contributed by atoms with Crippen molar-refractivity contribution in [2.75, 3.05) is 0 Å². The average molecular weight is 310 g/mol. The highest BCUT2D eigenvalue weighted by Gasteiger charge is 2.43. The second-order valence-electron chi connectivity index (χ2n) is 6.52. The normalized spacial score (nSPS) is 22.4. The lowest BCUT2D eigenvalue weighted by molar-refractivity contribution is -0.0515. The smallest absolute Gasteiger partial charge is 0.276 e. The van der Waals surface area contributed by atoms with Crippen LogP contribution in [0.25, 0.3) is 0 Å². The monoisotopic (exact) mass is 310 g/mol. The Morgan fingerprint density at radius 2 is 1.71 bits per heavy atom. The summed E-state index contributed by atoms with van der Waals surface area (Å²) in [5, 5.41) is 4.10. The van der Waals surface area contributed by atoms with Gasteiger partial charge in [0.05, 0.1) is 16.2 Å². The first-order valence-electron chi connectivity index (χ1n) is 6.88.